The van der Waals surface area contributed by atoms with Crippen LogP contribution in [0.25, 0.3) is 10.9 Å². The second-order valence-corrected chi connectivity index (χ2v) is 6.90. The first-order valence-corrected chi connectivity index (χ1v) is 8.16. The van der Waals surface area contributed by atoms with E-state index in [0.717, 1.165) is 30.0 Å². The molecule has 1 heterocycles. The molecular weight excluding hydrogens is 314 g/mol. The first-order chi connectivity index (χ1) is 10.8. The van der Waals surface area contributed by atoms with Crippen molar-refractivity contribution in [3.8, 4) is 0 Å². The van der Waals surface area contributed by atoms with Crippen molar-refractivity contribution in [2.24, 2.45) is 0 Å². The summed E-state index contributed by atoms with van der Waals surface area (Å²) < 4.78 is 5.18. The highest BCUT2D eigenvalue weighted by Crippen LogP contribution is 2.21. The molecule has 0 radical (unpaired) electrons. The number of amides is 1. The molecule has 2 rings (SSSR count). The number of fused-ring (bicyclic) bond motifs is 1. The maximum atomic E-state index is 11.5. The van der Waals surface area contributed by atoms with Crippen LogP contribution in [0.2, 0.25) is 5.02 Å². The van der Waals surface area contributed by atoms with E-state index < -0.39 is 5.60 Å². The molecule has 1 amide bonds. The Bertz CT molecular complexity index is 661. The minimum atomic E-state index is -0.458. The molecule has 6 heteroatoms. The van der Waals surface area contributed by atoms with Gasteiger partial charge in [0.15, 0.2) is 0 Å². The van der Waals surface area contributed by atoms with Gasteiger partial charge in [0.2, 0.25) is 0 Å². The van der Waals surface area contributed by atoms with Gasteiger partial charge in [-0.1, -0.05) is 17.7 Å². The van der Waals surface area contributed by atoms with E-state index in [0.29, 0.717) is 6.54 Å². The molecule has 1 aromatic carbocycles. The molecule has 5 nitrogen and oxygen atoms in total. The van der Waals surface area contributed by atoms with Gasteiger partial charge in [-0.15, -0.1) is 0 Å². The van der Waals surface area contributed by atoms with Crippen molar-refractivity contribution in [1.82, 2.24) is 15.6 Å². The first-order valence-electron chi connectivity index (χ1n) is 7.78. The molecule has 2 aromatic rings. The fourth-order valence-electron chi connectivity index (χ4n) is 2.25. The molecule has 3 N–H and O–H groups in total. The van der Waals surface area contributed by atoms with Crippen LogP contribution in [0.1, 0.15) is 32.8 Å². The first kappa shape index (κ1) is 17.6. The molecule has 0 spiro atoms. The zero-order valence-electron chi connectivity index (χ0n) is 13.8. The monoisotopic (exact) mass is 337 g/mol. The zero-order chi connectivity index (χ0) is 16.9. The van der Waals surface area contributed by atoms with Gasteiger partial charge in [-0.2, -0.15) is 0 Å². The molecule has 126 valence electrons. The molecule has 0 saturated carbocycles. The highest BCUT2D eigenvalue weighted by atomic mass is 35.5. The van der Waals surface area contributed by atoms with Gasteiger partial charge in [-0.3, -0.25) is 0 Å². The van der Waals surface area contributed by atoms with Gasteiger partial charge < -0.3 is 20.4 Å². The van der Waals surface area contributed by atoms with Crippen LogP contribution in [-0.2, 0) is 11.3 Å². The van der Waals surface area contributed by atoms with E-state index in [-0.39, 0.29) is 6.09 Å². The lowest BCUT2D eigenvalue weighted by molar-refractivity contribution is 0.0527. The molecule has 0 atom stereocenters. The molecule has 0 aliphatic rings. The smallest absolute Gasteiger partial charge is 0.407 e. The topological polar surface area (TPSA) is 66.2 Å². The lowest BCUT2D eigenvalue weighted by atomic mass is 10.2. The SMILES string of the molecule is CC(C)(C)OC(=O)NCCCNCc1c[nH]c2cc(Cl)ccc12. The summed E-state index contributed by atoms with van der Waals surface area (Å²) in [5.41, 5.74) is 1.79. The number of alkyl carbamates (subject to hydrolysis) is 1. The van der Waals surface area contributed by atoms with Crippen LogP contribution in [0.15, 0.2) is 24.4 Å². The van der Waals surface area contributed by atoms with Gasteiger partial charge >= 0.3 is 6.09 Å². The van der Waals surface area contributed by atoms with Crippen LogP contribution < -0.4 is 10.6 Å². The molecule has 0 unspecified atom stereocenters. The third kappa shape index (κ3) is 5.77. The van der Waals surface area contributed by atoms with Gasteiger partial charge in [0.25, 0.3) is 0 Å². The Balaban J connectivity index is 1.66. The van der Waals surface area contributed by atoms with E-state index in [2.05, 4.69) is 15.6 Å². The van der Waals surface area contributed by atoms with Crippen LogP contribution in [0.4, 0.5) is 4.79 Å². The van der Waals surface area contributed by atoms with Gasteiger partial charge in [0.05, 0.1) is 0 Å². The third-order valence-electron chi connectivity index (χ3n) is 3.24. The van der Waals surface area contributed by atoms with Crippen molar-refractivity contribution >= 4 is 28.6 Å². The number of aromatic nitrogens is 1. The van der Waals surface area contributed by atoms with E-state index in [1.807, 2.05) is 45.2 Å². The zero-order valence-corrected chi connectivity index (χ0v) is 14.6. The average Bonchev–Trinajstić information content (AvgIpc) is 2.83. The van der Waals surface area contributed by atoms with E-state index in [1.54, 1.807) is 0 Å². The van der Waals surface area contributed by atoms with Crippen LogP contribution >= 0.6 is 11.6 Å². The summed E-state index contributed by atoms with van der Waals surface area (Å²) >= 11 is 5.97. The van der Waals surface area contributed by atoms with Gasteiger partial charge in [0.1, 0.15) is 5.60 Å². The summed E-state index contributed by atoms with van der Waals surface area (Å²) in [6.45, 7) is 7.73. The molecule has 0 bridgehead atoms. The van der Waals surface area contributed by atoms with Crippen molar-refractivity contribution in [2.75, 3.05) is 13.1 Å². The summed E-state index contributed by atoms with van der Waals surface area (Å²) in [5, 5.41) is 8.02. The lowest BCUT2D eigenvalue weighted by Crippen LogP contribution is -2.33. The maximum absolute atomic E-state index is 11.5. The third-order valence-corrected chi connectivity index (χ3v) is 3.48. The highest BCUT2D eigenvalue weighted by Gasteiger charge is 2.15. The Morgan fingerprint density at radius 3 is 2.83 bits per heavy atom. The van der Waals surface area contributed by atoms with E-state index in [9.17, 15) is 4.79 Å². The van der Waals surface area contributed by atoms with E-state index >= 15 is 0 Å². The Kier molecular flexibility index (Phi) is 5.91. The van der Waals surface area contributed by atoms with Crippen molar-refractivity contribution in [3.05, 3.63) is 35.0 Å². The van der Waals surface area contributed by atoms with E-state index in [1.165, 1.54) is 10.9 Å². The summed E-state index contributed by atoms with van der Waals surface area (Å²) in [4.78, 5) is 14.7. The number of rotatable bonds is 6. The van der Waals surface area contributed by atoms with E-state index in [4.69, 9.17) is 16.3 Å². The van der Waals surface area contributed by atoms with Crippen LogP contribution in [-0.4, -0.2) is 29.8 Å². The molecule has 0 saturated heterocycles. The van der Waals surface area contributed by atoms with Crippen LogP contribution in [0.3, 0.4) is 0 Å². The average molecular weight is 338 g/mol. The minimum Gasteiger partial charge on any atom is -0.444 e. The number of carbonyl (C=O) groups is 1. The van der Waals surface area contributed by atoms with Gasteiger partial charge in [0, 0.05) is 35.2 Å². The number of ether oxygens (including phenoxy) is 1. The Morgan fingerprint density at radius 2 is 2.09 bits per heavy atom. The number of benzene rings is 1. The number of hydrogen-bond donors (Lipinski definition) is 3. The number of H-pyrrole nitrogens is 1. The maximum Gasteiger partial charge on any atom is 0.407 e. The largest absolute Gasteiger partial charge is 0.444 e. The van der Waals surface area contributed by atoms with Crippen LogP contribution in [0.5, 0.6) is 0 Å². The van der Waals surface area contributed by atoms with Crippen molar-refractivity contribution < 1.29 is 9.53 Å². The van der Waals surface area contributed by atoms with Crippen molar-refractivity contribution in [3.63, 3.8) is 0 Å². The fourth-order valence-corrected chi connectivity index (χ4v) is 2.42. The predicted molar refractivity (Wildman–Crippen MR) is 93.9 cm³/mol. The molecule has 23 heavy (non-hydrogen) atoms. The van der Waals surface area contributed by atoms with Gasteiger partial charge in [-0.05, 0) is 51.4 Å². The summed E-state index contributed by atoms with van der Waals surface area (Å²) in [5.74, 6) is 0. The molecule has 1 aromatic heterocycles. The number of halogens is 1. The van der Waals surface area contributed by atoms with Crippen molar-refractivity contribution in [2.45, 2.75) is 39.3 Å². The van der Waals surface area contributed by atoms with Crippen LogP contribution in [0, 0.1) is 0 Å². The second kappa shape index (κ2) is 7.70. The number of hydrogen-bond acceptors (Lipinski definition) is 3. The number of aromatic amines is 1. The molecule has 0 aliphatic heterocycles. The quantitative estimate of drug-likeness (QED) is 0.702. The Hall–Kier alpha value is -1.72. The normalized spacial score (nSPS) is 11.7. The molecule has 0 aliphatic carbocycles. The highest BCUT2D eigenvalue weighted by molar-refractivity contribution is 6.31. The molecular formula is C17H24ClN3O2. The second-order valence-electron chi connectivity index (χ2n) is 6.46. The Labute approximate surface area is 141 Å². The summed E-state index contributed by atoms with van der Waals surface area (Å²) in [6.07, 6.45) is 2.46. The summed E-state index contributed by atoms with van der Waals surface area (Å²) in [7, 11) is 0. The Morgan fingerprint density at radius 1 is 1.30 bits per heavy atom. The summed E-state index contributed by atoms with van der Waals surface area (Å²) in [6, 6.07) is 5.84. The standard InChI is InChI=1S/C17H24ClN3O2/c1-17(2,3)23-16(22)20-8-4-7-19-10-12-11-21-15-9-13(18)5-6-14(12)15/h5-6,9,11,19,21H,4,7-8,10H2,1-3H3,(H,20,22). The fraction of sp³-hybridized carbons (Fsp3) is 0.471. The number of nitrogens with one attached hydrogen (secondary N) is 3. The number of carbonyl (C=O) groups excluding carboxylic acids is 1. The predicted octanol–water partition coefficient (Wildman–Crippen LogP) is 3.83. The molecule has 0 fully saturated rings. The minimum absolute atomic E-state index is 0.369. The van der Waals surface area contributed by atoms with Crippen molar-refractivity contribution in [1.29, 1.82) is 0 Å². The lowest BCUT2D eigenvalue weighted by Gasteiger charge is -2.19. The van der Waals surface area contributed by atoms with Gasteiger partial charge in [-0.25, -0.2) is 4.79 Å².